The Balaban J connectivity index is 1.57. The number of ether oxygens (including phenoxy) is 1. The molecule has 0 unspecified atom stereocenters. The molecular formula is C18H19N3O4S. The number of hydrogen-bond donors (Lipinski definition) is 1. The van der Waals surface area contributed by atoms with E-state index >= 15 is 0 Å². The molecule has 3 rings (SSSR count). The maximum atomic E-state index is 12.1. The minimum Gasteiger partial charge on any atom is -0.452 e. The number of imide groups is 1. The summed E-state index contributed by atoms with van der Waals surface area (Å²) >= 11 is 1.45. The predicted molar refractivity (Wildman–Crippen MR) is 96.7 cm³/mol. The number of carbonyl (C=O) groups excluding carboxylic acids is 3. The van der Waals surface area contributed by atoms with Crippen molar-refractivity contribution in [3.05, 3.63) is 40.9 Å². The van der Waals surface area contributed by atoms with E-state index in [1.807, 2.05) is 31.2 Å². The van der Waals surface area contributed by atoms with E-state index in [0.717, 1.165) is 15.5 Å². The Kier molecular flexibility index (Phi) is 5.32. The van der Waals surface area contributed by atoms with Crippen LogP contribution in [0.2, 0.25) is 0 Å². The first-order chi connectivity index (χ1) is 12.4. The Hall–Kier alpha value is -2.74. The molecule has 0 saturated carbocycles. The second-order valence-electron chi connectivity index (χ2n) is 6.04. The summed E-state index contributed by atoms with van der Waals surface area (Å²) < 4.78 is 5.16. The second-order valence-corrected chi connectivity index (χ2v) is 6.90. The van der Waals surface area contributed by atoms with Gasteiger partial charge < -0.3 is 10.1 Å². The molecular weight excluding hydrogens is 354 g/mol. The molecule has 136 valence electrons. The van der Waals surface area contributed by atoms with Gasteiger partial charge in [-0.3, -0.25) is 14.5 Å². The zero-order chi connectivity index (χ0) is 18.7. The molecule has 1 saturated heterocycles. The fourth-order valence-corrected chi connectivity index (χ4v) is 3.38. The van der Waals surface area contributed by atoms with Gasteiger partial charge in [0.1, 0.15) is 5.01 Å². The monoisotopic (exact) mass is 373 g/mol. The summed E-state index contributed by atoms with van der Waals surface area (Å²) in [5, 5.41) is 5.16. The first-order valence-electron chi connectivity index (χ1n) is 8.24. The van der Waals surface area contributed by atoms with Gasteiger partial charge in [0.05, 0.1) is 12.1 Å². The topological polar surface area (TPSA) is 88.6 Å². The summed E-state index contributed by atoms with van der Waals surface area (Å²) in [4.78, 5) is 41.2. The summed E-state index contributed by atoms with van der Waals surface area (Å²) in [6, 6.07) is 7.52. The number of thiazole rings is 1. The molecule has 2 heterocycles. The Morgan fingerprint density at radius 3 is 2.73 bits per heavy atom. The highest BCUT2D eigenvalue weighted by Crippen LogP contribution is 2.24. The van der Waals surface area contributed by atoms with Crippen LogP contribution in [0.5, 0.6) is 0 Å². The van der Waals surface area contributed by atoms with Crippen LogP contribution in [0.3, 0.4) is 0 Å². The van der Waals surface area contributed by atoms with E-state index in [1.54, 1.807) is 5.38 Å². The molecule has 1 fully saturated rings. The lowest BCUT2D eigenvalue weighted by Crippen LogP contribution is -2.42. The number of nitrogens with one attached hydrogen (secondary N) is 1. The first-order valence-corrected chi connectivity index (χ1v) is 9.12. The molecule has 0 spiro atoms. The molecule has 1 aliphatic rings. The van der Waals surface area contributed by atoms with Crippen LogP contribution >= 0.6 is 11.3 Å². The number of esters is 1. The number of amides is 3. The van der Waals surface area contributed by atoms with Crippen molar-refractivity contribution in [2.45, 2.75) is 26.4 Å². The van der Waals surface area contributed by atoms with Gasteiger partial charge in [-0.15, -0.1) is 11.3 Å². The predicted octanol–water partition coefficient (Wildman–Crippen LogP) is 2.14. The van der Waals surface area contributed by atoms with Crippen molar-refractivity contribution >= 4 is 29.2 Å². The molecule has 1 aromatic carbocycles. The van der Waals surface area contributed by atoms with Gasteiger partial charge in [-0.25, -0.2) is 9.78 Å². The average molecular weight is 373 g/mol. The fourth-order valence-electron chi connectivity index (χ4n) is 2.56. The highest BCUT2D eigenvalue weighted by atomic mass is 32.1. The quantitative estimate of drug-likeness (QED) is 0.811. The molecule has 1 aliphatic heterocycles. The van der Waals surface area contributed by atoms with Crippen LogP contribution in [-0.2, 0) is 20.7 Å². The first kappa shape index (κ1) is 18.1. The van der Waals surface area contributed by atoms with Crippen molar-refractivity contribution in [1.29, 1.82) is 0 Å². The fraction of sp³-hybridized carbons (Fsp3) is 0.333. The number of urea groups is 1. The summed E-state index contributed by atoms with van der Waals surface area (Å²) in [7, 11) is 0. The van der Waals surface area contributed by atoms with E-state index in [1.165, 1.54) is 23.8 Å². The third-order valence-corrected chi connectivity index (χ3v) is 4.89. The number of hydrogen-bond acceptors (Lipinski definition) is 6. The molecule has 1 aromatic heterocycles. The van der Waals surface area contributed by atoms with Crippen molar-refractivity contribution in [2.75, 3.05) is 13.1 Å². The summed E-state index contributed by atoms with van der Waals surface area (Å²) in [5.41, 5.74) is 2.75. The Morgan fingerprint density at radius 1 is 1.35 bits per heavy atom. The van der Waals surface area contributed by atoms with E-state index in [4.69, 9.17) is 4.74 Å². The smallest absolute Gasteiger partial charge is 0.324 e. The van der Waals surface area contributed by atoms with Gasteiger partial charge in [0, 0.05) is 24.0 Å². The molecule has 3 amide bonds. The number of nitrogens with zero attached hydrogens (tertiary/aromatic N) is 2. The van der Waals surface area contributed by atoms with Crippen molar-refractivity contribution in [3.8, 4) is 10.6 Å². The largest absolute Gasteiger partial charge is 0.452 e. The number of aryl methyl sites for hydroxylation is 1. The Bertz CT molecular complexity index is 831. The second kappa shape index (κ2) is 7.65. The van der Waals surface area contributed by atoms with Gasteiger partial charge in [0.15, 0.2) is 6.10 Å². The molecule has 0 bridgehead atoms. The number of rotatable bonds is 5. The number of aromatic nitrogens is 1. The number of carbonyl (C=O) groups is 3. The zero-order valence-corrected chi connectivity index (χ0v) is 15.3. The van der Waals surface area contributed by atoms with E-state index in [2.05, 4.69) is 10.3 Å². The molecule has 7 nitrogen and oxygen atoms in total. The van der Waals surface area contributed by atoms with Crippen molar-refractivity contribution in [1.82, 2.24) is 15.2 Å². The van der Waals surface area contributed by atoms with Crippen molar-refractivity contribution < 1.29 is 19.1 Å². The van der Waals surface area contributed by atoms with E-state index in [9.17, 15) is 14.4 Å². The summed E-state index contributed by atoms with van der Waals surface area (Å²) in [5.74, 6) is -1.07. The molecule has 0 aliphatic carbocycles. The van der Waals surface area contributed by atoms with Crippen molar-refractivity contribution in [2.24, 2.45) is 0 Å². The standard InChI is InChI=1S/C18H19N3O4S/c1-11-3-5-13(6-4-11)16-20-14(10-26-16)9-15(22)25-12(2)17(23)21-8-7-19-18(21)24/h3-6,10,12H,7-9H2,1-2H3,(H,19,24)/t12-/m0/s1. The van der Waals surface area contributed by atoms with Crippen LogP contribution in [-0.4, -0.2) is 47.0 Å². The average Bonchev–Trinajstić information content (AvgIpc) is 3.23. The highest BCUT2D eigenvalue weighted by molar-refractivity contribution is 7.13. The van der Waals surface area contributed by atoms with Gasteiger partial charge in [0.2, 0.25) is 0 Å². The lowest BCUT2D eigenvalue weighted by atomic mass is 10.2. The van der Waals surface area contributed by atoms with Crippen LogP contribution in [0.1, 0.15) is 18.2 Å². The maximum Gasteiger partial charge on any atom is 0.324 e. The van der Waals surface area contributed by atoms with Gasteiger partial charge >= 0.3 is 12.0 Å². The summed E-state index contributed by atoms with van der Waals surface area (Å²) in [6.07, 6.45) is -1.03. The molecule has 1 atom stereocenters. The van der Waals surface area contributed by atoms with Gasteiger partial charge in [-0.2, -0.15) is 0 Å². The van der Waals surface area contributed by atoms with Crippen molar-refractivity contribution in [3.63, 3.8) is 0 Å². The molecule has 8 heteroatoms. The number of benzene rings is 1. The van der Waals surface area contributed by atoms with Gasteiger partial charge in [-0.05, 0) is 13.8 Å². The lowest BCUT2D eigenvalue weighted by Gasteiger charge is -2.17. The van der Waals surface area contributed by atoms with Gasteiger partial charge in [0.25, 0.3) is 5.91 Å². The zero-order valence-electron chi connectivity index (χ0n) is 14.5. The maximum absolute atomic E-state index is 12.1. The molecule has 1 N–H and O–H groups in total. The molecule has 0 radical (unpaired) electrons. The van der Waals surface area contributed by atoms with Crippen LogP contribution < -0.4 is 5.32 Å². The molecule has 2 aromatic rings. The normalized spacial score (nSPS) is 14.8. The Morgan fingerprint density at radius 2 is 2.08 bits per heavy atom. The SMILES string of the molecule is Cc1ccc(-c2nc(CC(=O)O[C@@H](C)C(=O)N3CCNC3=O)cs2)cc1. The van der Waals surface area contributed by atoms with Crippen LogP contribution in [0.25, 0.3) is 10.6 Å². The van der Waals surface area contributed by atoms with Crippen LogP contribution in [0, 0.1) is 6.92 Å². The Labute approximate surface area is 155 Å². The van der Waals surface area contributed by atoms with E-state index < -0.39 is 24.0 Å². The minimum absolute atomic E-state index is 0.0216. The summed E-state index contributed by atoms with van der Waals surface area (Å²) in [6.45, 7) is 4.17. The van der Waals surface area contributed by atoms with E-state index in [0.29, 0.717) is 12.2 Å². The lowest BCUT2D eigenvalue weighted by molar-refractivity contribution is -0.156. The van der Waals surface area contributed by atoms with Crippen LogP contribution in [0.15, 0.2) is 29.6 Å². The minimum atomic E-state index is -1.01. The third-order valence-electron chi connectivity index (χ3n) is 3.95. The van der Waals surface area contributed by atoms with Gasteiger partial charge in [-0.1, -0.05) is 29.8 Å². The highest BCUT2D eigenvalue weighted by Gasteiger charge is 2.31. The third kappa shape index (κ3) is 4.08. The molecule has 26 heavy (non-hydrogen) atoms. The van der Waals surface area contributed by atoms with E-state index in [-0.39, 0.29) is 13.0 Å². The van der Waals surface area contributed by atoms with Crippen LogP contribution in [0.4, 0.5) is 4.79 Å².